The van der Waals surface area contributed by atoms with Gasteiger partial charge in [0.2, 0.25) is 6.79 Å². The number of rotatable bonds is 3. The Bertz CT molecular complexity index is 538. The van der Waals surface area contributed by atoms with Crippen molar-refractivity contribution in [2.45, 2.75) is 6.61 Å². The van der Waals surface area contributed by atoms with Gasteiger partial charge in [0.05, 0.1) is 4.34 Å². The first-order valence-electron chi connectivity index (χ1n) is 5.08. The van der Waals surface area contributed by atoms with Crippen LogP contribution < -0.4 is 14.2 Å². The van der Waals surface area contributed by atoms with E-state index in [0.29, 0.717) is 6.61 Å². The molecule has 0 bridgehead atoms. The molecule has 0 spiro atoms. The average molecular weight is 269 g/mol. The fraction of sp³-hybridized carbons (Fsp3) is 0.167. The van der Waals surface area contributed by atoms with Crippen LogP contribution in [0.3, 0.4) is 0 Å². The summed E-state index contributed by atoms with van der Waals surface area (Å²) >= 11 is 7.36. The zero-order valence-electron chi connectivity index (χ0n) is 8.81. The van der Waals surface area contributed by atoms with Crippen LogP contribution in [0.25, 0.3) is 0 Å². The highest BCUT2D eigenvalue weighted by molar-refractivity contribution is 7.16. The van der Waals surface area contributed by atoms with Crippen LogP contribution in [-0.4, -0.2) is 6.79 Å². The molecule has 2 aromatic rings. The lowest BCUT2D eigenvalue weighted by molar-refractivity contribution is 0.173. The van der Waals surface area contributed by atoms with E-state index >= 15 is 0 Å². The lowest BCUT2D eigenvalue weighted by Gasteiger charge is -2.05. The van der Waals surface area contributed by atoms with Gasteiger partial charge in [0.25, 0.3) is 0 Å². The first kappa shape index (κ1) is 10.7. The Hall–Kier alpha value is -1.39. The van der Waals surface area contributed by atoms with Gasteiger partial charge in [-0.1, -0.05) is 11.6 Å². The number of hydrogen-bond donors (Lipinski definition) is 0. The second kappa shape index (κ2) is 4.47. The van der Waals surface area contributed by atoms with E-state index in [0.717, 1.165) is 26.5 Å². The smallest absolute Gasteiger partial charge is 0.231 e. The van der Waals surface area contributed by atoms with E-state index in [1.165, 1.54) is 11.3 Å². The molecule has 88 valence electrons. The molecule has 0 N–H and O–H groups in total. The quantitative estimate of drug-likeness (QED) is 0.849. The molecule has 17 heavy (non-hydrogen) atoms. The first-order chi connectivity index (χ1) is 8.31. The van der Waals surface area contributed by atoms with Crippen molar-refractivity contribution in [1.29, 1.82) is 0 Å². The largest absolute Gasteiger partial charge is 0.488 e. The maximum absolute atomic E-state index is 5.85. The van der Waals surface area contributed by atoms with Crippen LogP contribution >= 0.6 is 22.9 Å². The monoisotopic (exact) mass is 268 g/mol. The molecule has 0 saturated heterocycles. The molecule has 1 aliphatic rings. The van der Waals surface area contributed by atoms with Gasteiger partial charge < -0.3 is 14.2 Å². The van der Waals surface area contributed by atoms with Crippen molar-refractivity contribution in [1.82, 2.24) is 0 Å². The molecule has 0 atom stereocenters. The molecular weight excluding hydrogens is 260 g/mol. The molecule has 1 aliphatic heterocycles. The Labute approximate surface area is 107 Å². The highest BCUT2D eigenvalue weighted by Crippen LogP contribution is 2.35. The second-order valence-corrected chi connectivity index (χ2v) is 5.31. The van der Waals surface area contributed by atoms with Crippen LogP contribution in [0.4, 0.5) is 0 Å². The zero-order chi connectivity index (χ0) is 11.7. The van der Waals surface area contributed by atoms with Gasteiger partial charge in [-0.3, -0.25) is 0 Å². The Balaban J connectivity index is 1.69. The summed E-state index contributed by atoms with van der Waals surface area (Å²) in [6.45, 7) is 0.788. The standard InChI is InChI=1S/C12H9ClO3S/c13-12-4-2-9(17-12)6-14-8-1-3-10-11(5-8)16-7-15-10/h1-5H,6-7H2. The number of fused-ring (bicyclic) bond motifs is 1. The van der Waals surface area contributed by atoms with Crippen LogP contribution in [0.15, 0.2) is 30.3 Å². The van der Waals surface area contributed by atoms with Crippen LogP contribution in [0.2, 0.25) is 4.34 Å². The van der Waals surface area contributed by atoms with E-state index in [2.05, 4.69) is 0 Å². The Morgan fingerprint density at radius 1 is 1.18 bits per heavy atom. The molecule has 3 rings (SSSR count). The predicted molar refractivity (Wildman–Crippen MR) is 66.2 cm³/mol. The fourth-order valence-corrected chi connectivity index (χ4v) is 2.55. The molecule has 0 unspecified atom stereocenters. The van der Waals surface area contributed by atoms with Crippen LogP contribution in [0.1, 0.15) is 4.88 Å². The van der Waals surface area contributed by atoms with E-state index in [4.69, 9.17) is 25.8 Å². The SMILES string of the molecule is Clc1ccc(COc2ccc3c(c2)OCO3)s1. The van der Waals surface area contributed by atoms with E-state index in [-0.39, 0.29) is 6.79 Å². The second-order valence-electron chi connectivity index (χ2n) is 3.51. The summed E-state index contributed by atoms with van der Waals surface area (Å²) in [7, 11) is 0. The van der Waals surface area contributed by atoms with Crippen LogP contribution in [0.5, 0.6) is 17.2 Å². The highest BCUT2D eigenvalue weighted by Gasteiger charge is 2.13. The molecular formula is C12H9ClO3S. The Morgan fingerprint density at radius 2 is 2.06 bits per heavy atom. The zero-order valence-corrected chi connectivity index (χ0v) is 10.4. The molecule has 5 heteroatoms. The summed E-state index contributed by atoms with van der Waals surface area (Å²) in [6, 6.07) is 9.36. The first-order valence-corrected chi connectivity index (χ1v) is 6.27. The fourth-order valence-electron chi connectivity index (χ4n) is 1.55. The van der Waals surface area contributed by atoms with Gasteiger partial charge in [-0.15, -0.1) is 11.3 Å². The van der Waals surface area contributed by atoms with E-state index < -0.39 is 0 Å². The van der Waals surface area contributed by atoms with Gasteiger partial charge in [0.15, 0.2) is 11.5 Å². The van der Waals surface area contributed by atoms with Gasteiger partial charge in [-0.25, -0.2) is 0 Å². The molecule has 0 fully saturated rings. The van der Waals surface area contributed by atoms with Crippen molar-refractivity contribution in [2.24, 2.45) is 0 Å². The van der Waals surface area contributed by atoms with Gasteiger partial charge in [-0.2, -0.15) is 0 Å². The molecule has 3 nitrogen and oxygen atoms in total. The van der Waals surface area contributed by atoms with Crippen molar-refractivity contribution in [3.05, 3.63) is 39.5 Å². The molecule has 0 aliphatic carbocycles. The predicted octanol–water partition coefficient (Wildman–Crippen LogP) is 3.71. The summed E-state index contributed by atoms with van der Waals surface area (Å²) in [4.78, 5) is 1.09. The number of halogens is 1. The van der Waals surface area contributed by atoms with Crippen molar-refractivity contribution in [2.75, 3.05) is 6.79 Å². The van der Waals surface area contributed by atoms with Gasteiger partial charge in [0, 0.05) is 10.9 Å². The van der Waals surface area contributed by atoms with Gasteiger partial charge in [0.1, 0.15) is 12.4 Å². The third-order valence-corrected chi connectivity index (χ3v) is 3.56. The van der Waals surface area contributed by atoms with Crippen molar-refractivity contribution in [3.8, 4) is 17.2 Å². The summed E-state index contributed by atoms with van der Waals surface area (Å²) < 4.78 is 16.9. The summed E-state index contributed by atoms with van der Waals surface area (Å²) in [5.41, 5.74) is 0. The van der Waals surface area contributed by atoms with Crippen molar-refractivity contribution < 1.29 is 14.2 Å². The summed E-state index contributed by atoms with van der Waals surface area (Å²) in [6.07, 6.45) is 0. The Kier molecular flexibility index (Phi) is 2.82. The summed E-state index contributed by atoms with van der Waals surface area (Å²) in [5, 5.41) is 0. The van der Waals surface area contributed by atoms with E-state index in [9.17, 15) is 0 Å². The van der Waals surface area contributed by atoms with Crippen molar-refractivity contribution >= 4 is 22.9 Å². The minimum Gasteiger partial charge on any atom is -0.488 e. The lowest BCUT2D eigenvalue weighted by Crippen LogP contribution is -1.93. The molecule has 0 saturated carbocycles. The van der Waals surface area contributed by atoms with E-state index in [1.807, 2.05) is 30.3 Å². The normalized spacial score (nSPS) is 12.8. The molecule has 0 radical (unpaired) electrons. The van der Waals surface area contributed by atoms with Crippen LogP contribution in [-0.2, 0) is 6.61 Å². The number of ether oxygens (including phenoxy) is 3. The topological polar surface area (TPSA) is 27.7 Å². The molecule has 0 amide bonds. The number of hydrogen-bond acceptors (Lipinski definition) is 4. The minimum atomic E-state index is 0.277. The number of benzene rings is 1. The molecule has 2 heterocycles. The van der Waals surface area contributed by atoms with E-state index in [1.54, 1.807) is 0 Å². The van der Waals surface area contributed by atoms with Gasteiger partial charge >= 0.3 is 0 Å². The maximum atomic E-state index is 5.85. The number of thiophene rings is 1. The Morgan fingerprint density at radius 3 is 2.88 bits per heavy atom. The third-order valence-electron chi connectivity index (χ3n) is 2.35. The maximum Gasteiger partial charge on any atom is 0.231 e. The average Bonchev–Trinajstić information content (AvgIpc) is 2.94. The minimum absolute atomic E-state index is 0.277. The molecule has 1 aromatic heterocycles. The lowest BCUT2D eigenvalue weighted by atomic mass is 10.3. The molecule has 1 aromatic carbocycles. The van der Waals surface area contributed by atoms with Crippen LogP contribution in [0, 0.1) is 0 Å². The summed E-state index contributed by atoms with van der Waals surface area (Å²) in [5.74, 6) is 2.25. The van der Waals surface area contributed by atoms with Crippen molar-refractivity contribution in [3.63, 3.8) is 0 Å². The third kappa shape index (κ3) is 2.33. The highest BCUT2D eigenvalue weighted by atomic mass is 35.5. The van der Waals surface area contributed by atoms with Gasteiger partial charge in [-0.05, 0) is 24.3 Å².